The molecule has 1 saturated carbocycles. The van der Waals surface area contributed by atoms with Gasteiger partial charge in [-0.1, -0.05) is 12.1 Å². The molecular formula is C21H29FN4O2. The van der Waals surface area contributed by atoms with E-state index in [4.69, 9.17) is 0 Å². The fourth-order valence-corrected chi connectivity index (χ4v) is 4.88. The molecule has 2 aliphatic heterocycles. The van der Waals surface area contributed by atoms with Gasteiger partial charge in [0.15, 0.2) is 0 Å². The molecule has 6 nitrogen and oxygen atoms in total. The summed E-state index contributed by atoms with van der Waals surface area (Å²) in [7, 11) is 0. The number of hydrogen-bond donors (Lipinski definition) is 3. The van der Waals surface area contributed by atoms with Crippen molar-refractivity contribution in [1.29, 1.82) is 0 Å². The molecule has 152 valence electrons. The quantitative estimate of drug-likeness (QED) is 0.743. The van der Waals surface area contributed by atoms with Crippen LogP contribution in [-0.2, 0) is 0 Å². The number of urea groups is 1. The first-order chi connectivity index (χ1) is 13.6. The van der Waals surface area contributed by atoms with Gasteiger partial charge in [0.2, 0.25) is 0 Å². The van der Waals surface area contributed by atoms with Crippen molar-refractivity contribution >= 4 is 11.9 Å². The number of fused-ring (bicyclic) bond motifs is 1. The lowest BCUT2D eigenvalue weighted by Crippen LogP contribution is -2.51. The van der Waals surface area contributed by atoms with Crippen molar-refractivity contribution in [3.05, 3.63) is 35.6 Å². The molecule has 1 aromatic rings. The summed E-state index contributed by atoms with van der Waals surface area (Å²) in [6.07, 6.45) is 4.66. The number of amides is 3. The molecule has 2 saturated heterocycles. The molecule has 3 N–H and O–H groups in total. The number of halogens is 1. The molecule has 3 unspecified atom stereocenters. The summed E-state index contributed by atoms with van der Waals surface area (Å²) < 4.78 is 13.8. The Labute approximate surface area is 165 Å². The van der Waals surface area contributed by atoms with E-state index in [-0.39, 0.29) is 29.6 Å². The molecule has 1 aliphatic carbocycles. The first-order valence-corrected chi connectivity index (χ1v) is 10.4. The van der Waals surface area contributed by atoms with Gasteiger partial charge in [0.1, 0.15) is 5.82 Å². The Morgan fingerprint density at radius 1 is 0.964 bits per heavy atom. The number of hydrogen-bond acceptors (Lipinski definition) is 3. The fourth-order valence-electron chi connectivity index (χ4n) is 4.88. The minimum Gasteiger partial charge on any atom is -0.338 e. The van der Waals surface area contributed by atoms with Crippen LogP contribution >= 0.6 is 0 Å². The van der Waals surface area contributed by atoms with Gasteiger partial charge in [-0.15, -0.1) is 0 Å². The number of rotatable bonds is 3. The number of nitrogens with zero attached hydrogens (tertiary/aromatic N) is 1. The van der Waals surface area contributed by atoms with E-state index in [1.807, 2.05) is 0 Å². The molecule has 2 heterocycles. The lowest BCUT2D eigenvalue weighted by molar-refractivity contribution is 0.0703. The largest absolute Gasteiger partial charge is 0.338 e. The van der Waals surface area contributed by atoms with Gasteiger partial charge in [0.25, 0.3) is 5.91 Å². The second-order valence-corrected chi connectivity index (χ2v) is 8.35. The van der Waals surface area contributed by atoms with Crippen LogP contribution in [0.4, 0.5) is 9.18 Å². The van der Waals surface area contributed by atoms with Crippen LogP contribution in [0.2, 0.25) is 0 Å². The first kappa shape index (κ1) is 19.2. The Kier molecular flexibility index (Phi) is 5.80. The normalized spacial score (nSPS) is 27.9. The average Bonchev–Trinajstić information content (AvgIpc) is 3.16. The molecule has 0 bridgehead atoms. The lowest BCUT2D eigenvalue weighted by Gasteiger charge is -2.34. The summed E-state index contributed by atoms with van der Waals surface area (Å²) in [6, 6.07) is 6.28. The summed E-state index contributed by atoms with van der Waals surface area (Å²) >= 11 is 0. The van der Waals surface area contributed by atoms with Gasteiger partial charge in [-0.05, 0) is 69.2 Å². The molecule has 7 heteroatoms. The number of nitrogens with one attached hydrogen (secondary N) is 3. The number of benzene rings is 1. The van der Waals surface area contributed by atoms with Gasteiger partial charge in [0, 0.05) is 25.2 Å². The van der Waals surface area contributed by atoms with Crippen LogP contribution < -0.4 is 16.0 Å². The monoisotopic (exact) mass is 388 g/mol. The van der Waals surface area contributed by atoms with Gasteiger partial charge in [0.05, 0.1) is 5.56 Å². The summed E-state index contributed by atoms with van der Waals surface area (Å²) in [5.41, 5.74) is 0.114. The van der Waals surface area contributed by atoms with Crippen LogP contribution in [-0.4, -0.2) is 55.1 Å². The lowest BCUT2D eigenvalue weighted by atomic mass is 9.79. The molecule has 3 fully saturated rings. The van der Waals surface area contributed by atoms with Gasteiger partial charge >= 0.3 is 6.03 Å². The second-order valence-electron chi connectivity index (χ2n) is 8.35. The van der Waals surface area contributed by atoms with Crippen LogP contribution in [0.1, 0.15) is 42.5 Å². The molecule has 28 heavy (non-hydrogen) atoms. The molecule has 0 aromatic heterocycles. The van der Waals surface area contributed by atoms with Gasteiger partial charge < -0.3 is 20.9 Å². The zero-order valence-electron chi connectivity index (χ0n) is 16.1. The summed E-state index contributed by atoms with van der Waals surface area (Å²) in [4.78, 5) is 26.5. The van der Waals surface area contributed by atoms with E-state index in [1.54, 1.807) is 17.0 Å². The minimum absolute atomic E-state index is 0.0501. The van der Waals surface area contributed by atoms with Crippen molar-refractivity contribution in [3.63, 3.8) is 0 Å². The molecule has 3 amide bonds. The van der Waals surface area contributed by atoms with Crippen LogP contribution in [0.25, 0.3) is 0 Å². The molecule has 3 aliphatic rings. The minimum atomic E-state index is -0.487. The third-order valence-corrected chi connectivity index (χ3v) is 6.51. The summed E-state index contributed by atoms with van der Waals surface area (Å²) in [5, 5.41) is 9.65. The van der Waals surface area contributed by atoms with E-state index < -0.39 is 5.82 Å². The van der Waals surface area contributed by atoms with Crippen molar-refractivity contribution in [1.82, 2.24) is 20.9 Å². The Balaban J connectivity index is 1.21. The highest BCUT2D eigenvalue weighted by molar-refractivity contribution is 5.94. The highest BCUT2D eigenvalue weighted by Crippen LogP contribution is 2.32. The highest BCUT2D eigenvalue weighted by atomic mass is 19.1. The maximum Gasteiger partial charge on any atom is 0.315 e. The standard InChI is InChI=1S/C21H29FN4O2/c22-19-4-2-1-3-18(19)20(27)26-9-7-16(8-10-26)24-21(28)25-17-6-5-14-12-23-13-15(14)11-17/h1-4,14-17,23H,5-13H2,(H2,24,25,28). The maximum absolute atomic E-state index is 13.8. The van der Waals surface area contributed by atoms with E-state index in [2.05, 4.69) is 16.0 Å². The second kappa shape index (κ2) is 8.47. The molecule has 4 rings (SSSR count). The molecular weight excluding hydrogens is 359 g/mol. The van der Waals surface area contributed by atoms with Crippen LogP contribution in [0, 0.1) is 17.7 Å². The summed E-state index contributed by atoms with van der Waals surface area (Å²) in [6.45, 7) is 3.24. The maximum atomic E-state index is 13.8. The van der Waals surface area contributed by atoms with Crippen molar-refractivity contribution in [2.75, 3.05) is 26.2 Å². The van der Waals surface area contributed by atoms with Crippen LogP contribution in [0.15, 0.2) is 24.3 Å². The smallest absolute Gasteiger partial charge is 0.315 e. The Morgan fingerprint density at radius 2 is 1.68 bits per heavy atom. The van der Waals surface area contributed by atoms with Crippen molar-refractivity contribution in [2.45, 2.75) is 44.2 Å². The van der Waals surface area contributed by atoms with Gasteiger partial charge in [-0.3, -0.25) is 4.79 Å². The van der Waals surface area contributed by atoms with Crippen LogP contribution in [0.5, 0.6) is 0 Å². The van der Waals surface area contributed by atoms with E-state index in [0.29, 0.717) is 31.8 Å². The van der Waals surface area contributed by atoms with Crippen molar-refractivity contribution in [2.24, 2.45) is 11.8 Å². The molecule has 1 aromatic carbocycles. The number of carbonyl (C=O) groups excluding carboxylic acids is 2. The number of carbonyl (C=O) groups is 2. The SMILES string of the molecule is O=C(NC1CCN(C(=O)c2ccccc2F)CC1)NC1CCC2CNCC2C1. The van der Waals surface area contributed by atoms with Gasteiger partial charge in [-0.2, -0.15) is 0 Å². The fraction of sp³-hybridized carbons (Fsp3) is 0.619. The van der Waals surface area contributed by atoms with Crippen molar-refractivity contribution in [3.8, 4) is 0 Å². The summed E-state index contributed by atoms with van der Waals surface area (Å²) in [5.74, 6) is 0.700. The Bertz CT molecular complexity index is 720. The molecule has 3 atom stereocenters. The molecule has 0 spiro atoms. The predicted molar refractivity (Wildman–Crippen MR) is 104 cm³/mol. The van der Waals surface area contributed by atoms with Gasteiger partial charge in [-0.25, -0.2) is 9.18 Å². The van der Waals surface area contributed by atoms with Crippen molar-refractivity contribution < 1.29 is 14.0 Å². The topological polar surface area (TPSA) is 73.5 Å². The van der Waals surface area contributed by atoms with E-state index in [9.17, 15) is 14.0 Å². The average molecular weight is 388 g/mol. The first-order valence-electron chi connectivity index (χ1n) is 10.4. The third kappa shape index (κ3) is 4.29. The zero-order valence-corrected chi connectivity index (χ0v) is 16.1. The van der Waals surface area contributed by atoms with E-state index in [1.165, 1.54) is 18.6 Å². The molecule has 0 radical (unpaired) electrons. The Hall–Kier alpha value is -2.15. The number of likely N-dealkylation sites (tertiary alicyclic amines) is 1. The zero-order chi connectivity index (χ0) is 19.5. The number of piperidine rings is 1. The Morgan fingerprint density at radius 3 is 2.46 bits per heavy atom. The van der Waals surface area contributed by atoms with E-state index >= 15 is 0 Å². The predicted octanol–water partition coefficient (Wildman–Crippen LogP) is 2.12. The highest BCUT2D eigenvalue weighted by Gasteiger charge is 2.34. The third-order valence-electron chi connectivity index (χ3n) is 6.51. The van der Waals surface area contributed by atoms with E-state index in [0.717, 1.165) is 31.8 Å². The van der Waals surface area contributed by atoms with Crippen LogP contribution in [0.3, 0.4) is 0 Å².